The number of alkyl halides is 3. The van der Waals surface area contributed by atoms with E-state index in [1.807, 2.05) is 6.92 Å². The first-order valence-corrected chi connectivity index (χ1v) is 5.60. The summed E-state index contributed by atoms with van der Waals surface area (Å²) in [4.78, 5) is 7.10. The zero-order chi connectivity index (χ0) is 13.2. The Hall–Kier alpha value is -1.85. The van der Waals surface area contributed by atoms with Crippen molar-refractivity contribution in [3.05, 3.63) is 30.1 Å². The molecule has 0 aliphatic carbocycles. The van der Waals surface area contributed by atoms with E-state index >= 15 is 0 Å². The zero-order valence-corrected chi connectivity index (χ0v) is 9.75. The highest BCUT2D eigenvalue weighted by molar-refractivity contribution is 5.89. The minimum atomic E-state index is -4.54. The van der Waals surface area contributed by atoms with Crippen LogP contribution in [0, 0.1) is 0 Å². The number of nitrogens with one attached hydrogen (secondary N) is 1. The van der Waals surface area contributed by atoms with Gasteiger partial charge in [0, 0.05) is 11.9 Å². The lowest BCUT2D eigenvalue weighted by molar-refractivity contribution is -0.144. The number of hydrogen-bond acceptors (Lipinski definition) is 3. The van der Waals surface area contributed by atoms with Gasteiger partial charge in [-0.2, -0.15) is 13.2 Å². The molecule has 0 aliphatic rings. The Morgan fingerprint density at radius 2 is 1.89 bits per heavy atom. The van der Waals surface area contributed by atoms with Gasteiger partial charge in [-0.1, -0.05) is 19.1 Å². The number of halogens is 3. The normalized spacial score (nSPS) is 11.8. The molecule has 0 amide bonds. The number of hydrogen-bond donors (Lipinski definition) is 1. The summed E-state index contributed by atoms with van der Waals surface area (Å²) in [6, 6.07) is 6.64. The molecule has 18 heavy (non-hydrogen) atoms. The largest absolute Gasteiger partial charge is 0.451 e. The van der Waals surface area contributed by atoms with Crippen LogP contribution in [0.2, 0.25) is 0 Å². The van der Waals surface area contributed by atoms with Gasteiger partial charge in [0.1, 0.15) is 5.82 Å². The fourth-order valence-electron chi connectivity index (χ4n) is 1.58. The highest BCUT2D eigenvalue weighted by Gasteiger charge is 2.35. The number of aromatic nitrogens is 2. The maximum Gasteiger partial charge on any atom is 0.451 e. The molecule has 1 heterocycles. The summed E-state index contributed by atoms with van der Waals surface area (Å²) in [6.45, 7) is 2.50. The summed E-state index contributed by atoms with van der Waals surface area (Å²) in [5.74, 6) is -0.880. The topological polar surface area (TPSA) is 37.8 Å². The van der Waals surface area contributed by atoms with Crippen molar-refractivity contribution >= 4 is 16.7 Å². The van der Waals surface area contributed by atoms with E-state index in [1.54, 1.807) is 24.3 Å². The molecule has 2 rings (SSSR count). The molecule has 0 atom stereocenters. The highest BCUT2D eigenvalue weighted by atomic mass is 19.4. The summed E-state index contributed by atoms with van der Waals surface area (Å²) < 4.78 is 38.0. The molecule has 0 fully saturated rings. The van der Waals surface area contributed by atoms with Crippen LogP contribution < -0.4 is 5.32 Å². The Balaban J connectivity index is 2.57. The van der Waals surface area contributed by atoms with E-state index in [9.17, 15) is 13.2 Å². The van der Waals surface area contributed by atoms with Gasteiger partial charge in [-0.15, -0.1) is 0 Å². The second kappa shape index (κ2) is 4.80. The maximum atomic E-state index is 12.7. The average Bonchev–Trinajstić information content (AvgIpc) is 2.34. The van der Waals surface area contributed by atoms with Gasteiger partial charge in [0.2, 0.25) is 5.82 Å². The molecule has 1 aromatic heterocycles. The molecule has 0 radical (unpaired) electrons. The summed E-state index contributed by atoms with van der Waals surface area (Å²) in [5.41, 5.74) is 0.290. The summed E-state index contributed by atoms with van der Waals surface area (Å²) in [7, 11) is 0. The Morgan fingerprint density at radius 1 is 1.17 bits per heavy atom. The van der Waals surface area contributed by atoms with Gasteiger partial charge >= 0.3 is 6.18 Å². The molecule has 0 spiro atoms. The van der Waals surface area contributed by atoms with Gasteiger partial charge in [0.15, 0.2) is 0 Å². The summed E-state index contributed by atoms with van der Waals surface area (Å²) >= 11 is 0. The maximum absolute atomic E-state index is 12.7. The van der Waals surface area contributed by atoms with Gasteiger partial charge in [-0.05, 0) is 18.6 Å². The van der Waals surface area contributed by atoms with Crippen molar-refractivity contribution in [2.75, 3.05) is 11.9 Å². The van der Waals surface area contributed by atoms with E-state index < -0.39 is 12.0 Å². The van der Waals surface area contributed by atoms with E-state index in [0.29, 0.717) is 17.4 Å². The van der Waals surface area contributed by atoms with Crippen molar-refractivity contribution in [1.82, 2.24) is 9.97 Å². The molecular formula is C12H12F3N3. The van der Waals surface area contributed by atoms with Crippen molar-refractivity contribution in [3.8, 4) is 0 Å². The fraction of sp³-hybridized carbons (Fsp3) is 0.333. The molecule has 1 N–H and O–H groups in total. The molecule has 1 aromatic carbocycles. The Labute approximate surface area is 102 Å². The number of anilines is 1. The Bertz CT molecular complexity index is 552. The first kappa shape index (κ1) is 12.6. The Kier molecular flexibility index (Phi) is 3.36. The second-order valence-electron chi connectivity index (χ2n) is 3.84. The molecule has 96 valence electrons. The van der Waals surface area contributed by atoms with Crippen LogP contribution in [-0.4, -0.2) is 16.5 Å². The highest BCUT2D eigenvalue weighted by Crippen LogP contribution is 2.30. The molecule has 0 saturated heterocycles. The second-order valence-corrected chi connectivity index (χ2v) is 3.84. The van der Waals surface area contributed by atoms with Crippen molar-refractivity contribution in [2.24, 2.45) is 0 Å². The van der Waals surface area contributed by atoms with E-state index in [1.165, 1.54) is 0 Å². The third kappa shape index (κ3) is 2.52. The molecule has 6 heteroatoms. The van der Waals surface area contributed by atoms with E-state index in [2.05, 4.69) is 15.3 Å². The minimum absolute atomic E-state index is 0.231. The third-order valence-electron chi connectivity index (χ3n) is 2.40. The SMILES string of the molecule is CCCNc1nc(C(F)(F)F)nc2ccccc12. The van der Waals surface area contributed by atoms with Crippen LogP contribution in [0.25, 0.3) is 10.9 Å². The van der Waals surface area contributed by atoms with Crippen LogP contribution in [0.3, 0.4) is 0 Å². The van der Waals surface area contributed by atoms with E-state index in [0.717, 1.165) is 6.42 Å². The molecule has 0 bridgehead atoms. The lowest BCUT2D eigenvalue weighted by Gasteiger charge is -2.11. The first-order valence-electron chi connectivity index (χ1n) is 5.60. The standard InChI is InChI=1S/C12H12F3N3/c1-2-7-16-10-8-5-3-4-6-9(8)17-11(18-10)12(13,14)15/h3-6H,2,7H2,1H3,(H,16,17,18). The quantitative estimate of drug-likeness (QED) is 0.912. The molecule has 0 aliphatic heterocycles. The lowest BCUT2D eigenvalue weighted by atomic mass is 10.2. The van der Waals surface area contributed by atoms with Crippen molar-refractivity contribution < 1.29 is 13.2 Å². The zero-order valence-electron chi connectivity index (χ0n) is 9.75. The lowest BCUT2D eigenvalue weighted by Crippen LogP contribution is -2.14. The summed E-state index contributed by atoms with van der Waals surface area (Å²) in [5, 5.41) is 3.49. The van der Waals surface area contributed by atoms with Crippen LogP contribution in [0.15, 0.2) is 24.3 Å². The van der Waals surface area contributed by atoms with Crippen LogP contribution in [0.4, 0.5) is 19.0 Å². The number of fused-ring (bicyclic) bond motifs is 1. The van der Waals surface area contributed by atoms with Crippen molar-refractivity contribution in [1.29, 1.82) is 0 Å². The molecule has 0 unspecified atom stereocenters. The smallest absolute Gasteiger partial charge is 0.369 e. The number of nitrogens with zero attached hydrogens (tertiary/aromatic N) is 2. The molecule has 0 saturated carbocycles. The fourth-order valence-corrected chi connectivity index (χ4v) is 1.58. The number of para-hydroxylation sites is 1. The van der Waals surface area contributed by atoms with E-state index in [4.69, 9.17) is 0 Å². The third-order valence-corrected chi connectivity index (χ3v) is 2.40. The van der Waals surface area contributed by atoms with Crippen LogP contribution in [-0.2, 0) is 6.18 Å². The van der Waals surface area contributed by atoms with Crippen LogP contribution in [0.1, 0.15) is 19.2 Å². The van der Waals surface area contributed by atoms with Gasteiger partial charge in [0.25, 0.3) is 0 Å². The predicted molar refractivity (Wildman–Crippen MR) is 63.3 cm³/mol. The number of benzene rings is 1. The summed E-state index contributed by atoms with van der Waals surface area (Å²) in [6.07, 6.45) is -3.73. The Morgan fingerprint density at radius 3 is 2.56 bits per heavy atom. The molecular weight excluding hydrogens is 243 g/mol. The number of rotatable bonds is 3. The first-order chi connectivity index (χ1) is 8.52. The van der Waals surface area contributed by atoms with Crippen LogP contribution in [0.5, 0.6) is 0 Å². The van der Waals surface area contributed by atoms with Gasteiger partial charge in [-0.25, -0.2) is 9.97 Å². The molecule has 2 aromatic rings. The molecule has 3 nitrogen and oxygen atoms in total. The monoisotopic (exact) mass is 255 g/mol. The van der Waals surface area contributed by atoms with Crippen LogP contribution >= 0.6 is 0 Å². The van der Waals surface area contributed by atoms with Gasteiger partial charge < -0.3 is 5.32 Å². The van der Waals surface area contributed by atoms with Crippen molar-refractivity contribution in [2.45, 2.75) is 19.5 Å². The van der Waals surface area contributed by atoms with Gasteiger partial charge in [0.05, 0.1) is 5.52 Å². The van der Waals surface area contributed by atoms with Crippen molar-refractivity contribution in [3.63, 3.8) is 0 Å². The van der Waals surface area contributed by atoms with Gasteiger partial charge in [-0.3, -0.25) is 0 Å². The predicted octanol–water partition coefficient (Wildman–Crippen LogP) is 3.47. The van der Waals surface area contributed by atoms with E-state index in [-0.39, 0.29) is 5.82 Å². The minimum Gasteiger partial charge on any atom is -0.369 e. The average molecular weight is 255 g/mol.